The lowest BCUT2D eigenvalue weighted by Gasteiger charge is -2.14. The highest BCUT2D eigenvalue weighted by Crippen LogP contribution is 2.23. The molecule has 0 atom stereocenters. The van der Waals surface area contributed by atoms with Crippen molar-refractivity contribution in [2.45, 2.75) is 0 Å². The molecule has 4 aromatic rings. The standard InChI is InChI=1S/C21H16N4OS/c26-20-18-14-8-7-13-17(18)19(15-9-3-1-4-10-15)23-25(20)24-21(27)22-16-11-5-2-6-12-16/h1-14H,(H2,22,24,27). The van der Waals surface area contributed by atoms with Gasteiger partial charge in [-0.15, -0.1) is 9.89 Å². The van der Waals surface area contributed by atoms with Crippen LogP contribution in [0.25, 0.3) is 22.0 Å². The van der Waals surface area contributed by atoms with Crippen molar-refractivity contribution in [2.75, 3.05) is 10.7 Å². The molecule has 5 nitrogen and oxygen atoms in total. The summed E-state index contributed by atoms with van der Waals surface area (Å²) in [6.07, 6.45) is 0. The van der Waals surface area contributed by atoms with Crippen LogP contribution in [0.5, 0.6) is 0 Å². The number of hydrogen-bond acceptors (Lipinski definition) is 3. The van der Waals surface area contributed by atoms with Gasteiger partial charge in [0.15, 0.2) is 5.11 Å². The van der Waals surface area contributed by atoms with Gasteiger partial charge in [0.2, 0.25) is 0 Å². The van der Waals surface area contributed by atoms with Gasteiger partial charge in [0, 0.05) is 16.6 Å². The Kier molecular flexibility index (Phi) is 4.63. The number of aromatic nitrogens is 2. The monoisotopic (exact) mass is 372 g/mol. The van der Waals surface area contributed by atoms with E-state index in [4.69, 9.17) is 12.2 Å². The van der Waals surface area contributed by atoms with E-state index in [2.05, 4.69) is 15.8 Å². The summed E-state index contributed by atoms with van der Waals surface area (Å²) in [6.45, 7) is 0. The first-order valence-corrected chi connectivity index (χ1v) is 8.84. The van der Waals surface area contributed by atoms with E-state index in [-0.39, 0.29) is 10.7 Å². The zero-order valence-corrected chi connectivity index (χ0v) is 15.1. The van der Waals surface area contributed by atoms with Crippen LogP contribution in [0.15, 0.2) is 89.7 Å². The van der Waals surface area contributed by atoms with Gasteiger partial charge in [0.05, 0.1) is 5.39 Å². The number of thiocarbonyl (C=S) groups is 1. The van der Waals surface area contributed by atoms with Crippen LogP contribution in [-0.4, -0.2) is 15.0 Å². The van der Waals surface area contributed by atoms with Gasteiger partial charge in [-0.1, -0.05) is 66.7 Å². The average Bonchev–Trinajstić information content (AvgIpc) is 2.71. The molecule has 0 saturated carbocycles. The number of benzene rings is 3. The molecular weight excluding hydrogens is 356 g/mol. The summed E-state index contributed by atoms with van der Waals surface area (Å²) >= 11 is 5.34. The molecule has 0 aliphatic rings. The number of fused-ring (bicyclic) bond motifs is 1. The molecule has 0 unspecified atom stereocenters. The minimum absolute atomic E-state index is 0.262. The third-order valence-electron chi connectivity index (χ3n) is 4.09. The maximum absolute atomic E-state index is 12.9. The molecule has 0 aliphatic carbocycles. The average molecular weight is 372 g/mol. The zero-order valence-electron chi connectivity index (χ0n) is 14.3. The summed E-state index contributed by atoms with van der Waals surface area (Å²) in [5.41, 5.74) is 5.07. The zero-order chi connectivity index (χ0) is 18.6. The van der Waals surface area contributed by atoms with Crippen LogP contribution in [0.3, 0.4) is 0 Å². The number of hydrogen-bond donors (Lipinski definition) is 2. The first kappa shape index (κ1) is 16.9. The lowest BCUT2D eigenvalue weighted by molar-refractivity contribution is 0.768. The number of rotatable bonds is 3. The molecule has 3 aromatic carbocycles. The summed E-state index contributed by atoms with van der Waals surface area (Å²) < 4.78 is 0. The van der Waals surface area contributed by atoms with Crippen molar-refractivity contribution in [3.8, 4) is 11.3 Å². The van der Waals surface area contributed by atoms with E-state index in [0.29, 0.717) is 11.1 Å². The molecule has 6 heteroatoms. The highest BCUT2D eigenvalue weighted by molar-refractivity contribution is 7.80. The third kappa shape index (κ3) is 3.56. The summed E-state index contributed by atoms with van der Waals surface area (Å²) in [4.78, 5) is 14.0. The molecule has 0 spiro atoms. The van der Waals surface area contributed by atoms with E-state index in [0.717, 1.165) is 16.6 Å². The molecule has 27 heavy (non-hydrogen) atoms. The van der Waals surface area contributed by atoms with Crippen LogP contribution < -0.4 is 16.3 Å². The Labute approximate surface area is 161 Å². The molecule has 0 saturated heterocycles. The van der Waals surface area contributed by atoms with Gasteiger partial charge in [-0.25, -0.2) is 5.43 Å². The minimum atomic E-state index is -0.262. The van der Waals surface area contributed by atoms with Gasteiger partial charge in [-0.3, -0.25) is 4.79 Å². The van der Waals surface area contributed by atoms with Gasteiger partial charge in [-0.2, -0.15) is 0 Å². The number of nitrogens with one attached hydrogen (secondary N) is 2. The van der Waals surface area contributed by atoms with Crippen LogP contribution in [0, 0.1) is 0 Å². The van der Waals surface area contributed by atoms with Crippen molar-refractivity contribution >= 4 is 33.8 Å². The van der Waals surface area contributed by atoms with Gasteiger partial charge in [0.1, 0.15) is 5.69 Å². The van der Waals surface area contributed by atoms with Crippen LogP contribution in [0.1, 0.15) is 0 Å². The predicted octanol–water partition coefficient (Wildman–Crippen LogP) is 4.00. The van der Waals surface area contributed by atoms with Gasteiger partial charge < -0.3 is 5.32 Å². The number of anilines is 1. The lowest BCUT2D eigenvalue weighted by atomic mass is 10.1. The molecule has 0 amide bonds. The SMILES string of the molecule is O=c1c2ccccc2c(-c2ccccc2)nn1NC(=S)Nc1ccccc1. The number of nitrogens with zero attached hydrogens (tertiary/aromatic N) is 2. The van der Waals surface area contributed by atoms with Crippen molar-refractivity contribution < 1.29 is 0 Å². The molecule has 1 heterocycles. The molecule has 0 radical (unpaired) electrons. The topological polar surface area (TPSA) is 59.0 Å². The number of para-hydroxylation sites is 1. The van der Waals surface area contributed by atoms with Crippen LogP contribution in [0.2, 0.25) is 0 Å². The minimum Gasteiger partial charge on any atom is -0.331 e. The van der Waals surface area contributed by atoms with Crippen molar-refractivity contribution in [1.82, 2.24) is 9.89 Å². The maximum atomic E-state index is 12.9. The van der Waals surface area contributed by atoms with Gasteiger partial charge in [0.25, 0.3) is 5.56 Å². The molecular formula is C21H16N4OS. The fourth-order valence-electron chi connectivity index (χ4n) is 2.85. The van der Waals surface area contributed by atoms with Crippen LogP contribution >= 0.6 is 12.2 Å². The Morgan fingerprint density at radius 1 is 0.815 bits per heavy atom. The van der Waals surface area contributed by atoms with E-state index >= 15 is 0 Å². The second-order valence-corrected chi connectivity index (χ2v) is 6.32. The Balaban J connectivity index is 1.76. The first-order valence-electron chi connectivity index (χ1n) is 8.43. The Hall–Kier alpha value is -3.51. The maximum Gasteiger partial charge on any atom is 0.294 e. The second kappa shape index (κ2) is 7.39. The largest absolute Gasteiger partial charge is 0.331 e. The van der Waals surface area contributed by atoms with Crippen molar-refractivity contribution in [2.24, 2.45) is 0 Å². The lowest BCUT2D eigenvalue weighted by Crippen LogP contribution is -2.37. The molecule has 1 aromatic heterocycles. The van der Waals surface area contributed by atoms with E-state index < -0.39 is 0 Å². The Morgan fingerprint density at radius 3 is 2.11 bits per heavy atom. The van der Waals surface area contributed by atoms with E-state index in [1.54, 1.807) is 6.07 Å². The van der Waals surface area contributed by atoms with Crippen molar-refractivity contribution in [3.05, 3.63) is 95.3 Å². The highest BCUT2D eigenvalue weighted by Gasteiger charge is 2.12. The van der Waals surface area contributed by atoms with Gasteiger partial charge >= 0.3 is 0 Å². The van der Waals surface area contributed by atoms with Crippen LogP contribution in [-0.2, 0) is 0 Å². The summed E-state index contributed by atoms with van der Waals surface area (Å²) in [5, 5.41) is 9.22. The molecule has 0 aliphatic heterocycles. The third-order valence-corrected chi connectivity index (χ3v) is 4.28. The molecule has 132 valence electrons. The Bertz CT molecular complexity index is 1160. The molecule has 0 bridgehead atoms. The summed E-state index contributed by atoms with van der Waals surface area (Å²) in [7, 11) is 0. The summed E-state index contributed by atoms with van der Waals surface area (Å²) in [6, 6.07) is 26.7. The molecule has 4 rings (SSSR count). The van der Waals surface area contributed by atoms with E-state index in [1.165, 1.54) is 4.79 Å². The highest BCUT2D eigenvalue weighted by atomic mass is 32.1. The normalized spacial score (nSPS) is 10.5. The van der Waals surface area contributed by atoms with Gasteiger partial charge in [-0.05, 0) is 30.4 Å². The fraction of sp³-hybridized carbons (Fsp3) is 0. The fourth-order valence-corrected chi connectivity index (χ4v) is 3.06. The smallest absolute Gasteiger partial charge is 0.294 e. The second-order valence-electron chi connectivity index (χ2n) is 5.91. The predicted molar refractivity (Wildman–Crippen MR) is 113 cm³/mol. The molecule has 0 fully saturated rings. The van der Waals surface area contributed by atoms with Crippen LogP contribution in [0.4, 0.5) is 5.69 Å². The summed E-state index contributed by atoms with van der Waals surface area (Å²) in [5.74, 6) is 0. The quantitative estimate of drug-likeness (QED) is 0.532. The van der Waals surface area contributed by atoms with E-state index in [1.807, 2.05) is 78.9 Å². The van der Waals surface area contributed by atoms with E-state index in [9.17, 15) is 4.79 Å². The molecule has 2 N–H and O–H groups in total. The Morgan fingerprint density at radius 2 is 1.41 bits per heavy atom. The van der Waals surface area contributed by atoms with Crippen molar-refractivity contribution in [3.63, 3.8) is 0 Å². The first-order chi connectivity index (χ1) is 13.2. The van der Waals surface area contributed by atoms with Crippen molar-refractivity contribution in [1.29, 1.82) is 0 Å².